The third-order valence-corrected chi connectivity index (χ3v) is 1.96. The predicted molar refractivity (Wildman–Crippen MR) is 63.7 cm³/mol. The molecule has 0 fully saturated rings. The summed E-state index contributed by atoms with van der Waals surface area (Å²) in [6.07, 6.45) is 0. The molecule has 2 rings (SSSR count). The van der Waals surface area contributed by atoms with E-state index in [0.29, 0.717) is 0 Å². The maximum Gasteiger partial charge on any atom is 2.00 e. The molecule has 0 unspecified atom stereocenters. The molecule has 0 aliphatic carbocycles. The molecule has 0 aliphatic heterocycles. The largest absolute Gasteiger partial charge is 2.00 e. The van der Waals surface area contributed by atoms with E-state index in [1.54, 1.807) is 0 Å². The first-order valence-electron chi connectivity index (χ1n) is 4.97. The van der Waals surface area contributed by atoms with Gasteiger partial charge in [0, 0.05) is 0 Å². The van der Waals surface area contributed by atoms with Crippen molar-refractivity contribution in [3.8, 4) is 5.75 Å². The van der Waals surface area contributed by atoms with E-state index >= 15 is 0 Å². The van der Waals surface area contributed by atoms with Crippen molar-refractivity contribution in [2.24, 2.45) is 0 Å². The van der Waals surface area contributed by atoms with Gasteiger partial charge in [-0.1, -0.05) is 30.0 Å². The topological polar surface area (TPSA) is 60.4 Å². The molecule has 88 valence electrons. The number of rotatable bonds is 1. The summed E-state index contributed by atoms with van der Waals surface area (Å²) in [4.78, 5) is 10.2. The standard InChI is InChI=1S/C7H6O3.C7H7.Zn/c8-6-4-2-1-3-5(6)7(9)10;1-7-5-3-2-4-6-7;/h1-4,8H,(H,9,10);2-6H,1H2;/q;-1;+2/p-1. The molecule has 4 heteroatoms. The van der Waals surface area contributed by atoms with Gasteiger partial charge in [-0.2, -0.15) is 24.6 Å². The molecule has 0 amide bonds. The van der Waals surface area contributed by atoms with Gasteiger partial charge in [0.15, 0.2) is 0 Å². The van der Waals surface area contributed by atoms with E-state index in [-0.39, 0.29) is 25.0 Å². The Morgan fingerprint density at radius 3 is 1.83 bits per heavy atom. The van der Waals surface area contributed by atoms with Crippen molar-refractivity contribution in [2.75, 3.05) is 0 Å². The van der Waals surface area contributed by atoms with E-state index in [4.69, 9.17) is 5.11 Å². The average molecular weight is 294 g/mol. The third-order valence-electron chi connectivity index (χ3n) is 1.96. The average Bonchev–Trinajstić information content (AvgIpc) is 2.31. The van der Waals surface area contributed by atoms with Crippen LogP contribution in [0.2, 0.25) is 0 Å². The number of carboxylic acids is 1. The Kier molecular flexibility index (Phi) is 7.49. The van der Waals surface area contributed by atoms with Crippen LogP contribution in [0, 0.1) is 6.92 Å². The Hall–Kier alpha value is -1.80. The van der Waals surface area contributed by atoms with Crippen LogP contribution in [0.25, 0.3) is 0 Å². The minimum absolute atomic E-state index is 0. The number of hydrogen-bond donors (Lipinski definition) is 1. The van der Waals surface area contributed by atoms with Gasteiger partial charge in [-0.15, -0.1) is 12.1 Å². The summed E-state index contributed by atoms with van der Waals surface area (Å²) in [6.45, 7) is 3.72. The van der Waals surface area contributed by atoms with E-state index < -0.39 is 11.7 Å². The number of aromatic carboxylic acids is 1. The molecule has 0 heterocycles. The molecule has 0 bridgehead atoms. The zero-order valence-electron chi connectivity index (χ0n) is 9.87. The van der Waals surface area contributed by atoms with Crippen LogP contribution in [-0.2, 0) is 19.5 Å². The number of carbonyl (C=O) groups is 1. The number of para-hydroxylation sites is 1. The number of hydrogen-bond acceptors (Lipinski definition) is 2. The van der Waals surface area contributed by atoms with E-state index in [0.717, 1.165) is 5.56 Å². The third kappa shape index (κ3) is 5.51. The summed E-state index contributed by atoms with van der Waals surface area (Å²) in [7, 11) is 0. The van der Waals surface area contributed by atoms with E-state index in [9.17, 15) is 9.90 Å². The molecule has 0 saturated heterocycles. The minimum Gasteiger partial charge on any atom is -0.872 e. The van der Waals surface area contributed by atoms with Crippen LogP contribution in [0.15, 0.2) is 54.6 Å². The van der Waals surface area contributed by atoms with E-state index in [2.05, 4.69) is 6.92 Å². The molecule has 18 heavy (non-hydrogen) atoms. The SMILES string of the molecule is O=C(O)c1ccccc1[O-].[CH2-]c1ccccc1.[Zn+2]. The molecule has 2 aromatic carbocycles. The number of benzene rings is 2. The fraction of sp³-hybridized carbons (Fsp3) is 0. The minimum atomic E-state index is -1.18. The molecule has 2 aromatic rings. The molecule has 1 N–H and O–H groups in total. The van der Waals surface area contributed by atoms with Gasteiger partial charge in [-0.3, -0.25) is 0 Å². The fourth-order valence-corrected chi connectivity index (χ4v) is 1.12. The number of carboxylic acid groups (broad SMARTS) is 1. The zero-order chi connectivity index (χ0) is 12.7. The Bertz CT molecular complexity index is 483. The van der Waals surface area contributed by atoms with Crippen LogP contribution in [0.3, 0.4) is 0 Å². The van der Waals surface area contributed by atoms with Gasteiger partial charge >= 0.3 is 25.4 Å². The van der Waals surface area contributed by atoms with E-state index in [1.165, 1.54) is 24.3 Å². The van der Waals surface area contributed by atoms with Crippen molar-refractivity contribution >= 4 is 5.97 Å². The van der Waals surface area contributed by atoms with Crippen LogP contribution in [0.5, 0.6) is 5.75 Å². The second-order valence-electron chi connectivity index (χ2n) is 3.29. The predicted octanol–water partition coefficient (Wildman–Crippen LogP) is 2.32. The molecule has 0 atom stereocenters. The normalized spacial score (nSPS) is 8.44. The molecule has 0 radical (unpaired) electrons. The van der Waals surface area contributed by atoms with Crippen molar-refractivity contribution in [3.63, 3.8) is 0 Å². The maximum absolute atomic E-state index is 10.7. The molecule has 3 nitrogen and oxygen atoms in total. The van der Waals surface area contributed by atoms with Crippen molar-refractivity contribution in [2.45, 2.75) is 0 Å². The van der Waals surface area contributed by atoms with Gasteiger partial charge < -0.3 is 10.2 Å². The second kappa shape index (κ2) is 8.32. The Labute approximate surface area is 119 Å². The Morgan fingerprint density at radius 2 is 1.50 bits per heavy atom. The van der Waals surface area contributed by atoms with Gasteiger partial charge in [0.25, 0.3) is 0 Å². The van der Waals surface area contributed by atoms with E-state index in [1.807, 2.05) is 30.3 Å². The van der Waals surface area contributed by atoms with Crippen LogP contribution < -0.4 is 5.11 Å². The van der Waals surface area contributed by atoms with Crippen LogP contribution in [-0.4, -0.2) is 11.1 Å². The van der Waals surface area contributed by atoms with Crippen molar-refractivity contribution in [1.82, 2.24) is 0 Å². The first-order chi connectivity index (χ1) is 8.11. The van der Waals surface area contributed by atoms with Crippen molar-refractivity contribution in [1.29, 1.82) is 0 Å². The van der Waals surface area contributed by atoms with Gasteiger partial charge in [0.2, 0.25) is 0 Å². The maximum atomic E-state index is 10.7. The summed E-state index contributed by atoms with van der Waals surface area (Å²) in [6, 6.07) is 15.4. The summed E-state index contributed by atoms with van der Waals surface area (Å²) < 4.78 is 0. The molecular formula is C14H12O3Zn. The quantitative estimate of drug-likeness (QED) is 0.648. The van der Waals surface area contributed by atoms with Crippen LogP contribution >= 0.6 is 0 Å². The monoisotopic (exact) mass is 292 g/mol. The summed E-state index contributed by atoms with van der Waals surface area (Å²) >= 11 is 0. The van der Waals surface area contributed by atoms with Gasteiger partial charge in [-0.25, -0.2) is 4.79 Å². The van der Waals surface area contributed by atoms with Crippen molar-refractivity contribution in [3.05, 3.63) is 72.6 Å². The molecule has 0 saturated carbocycles. The molecule has 0 aromatic heterocycles. The van der Waals surface area contributed by atoms with Crippen molar-refractivity contribution < 1.29 is 34.5 Å². The van der Waals surface area contributed by atoms with Gasteiger partial charge in [0.05, 0.1) is 5.56 Å². The second-order valence-corrected chi connectivity index (χ2v) is 3.29. The van der Waals surface area contributed by atoms with Gasteiger partial charge in [-0.05, 0) is 6.07 Å². The Balaban J connectivity index is 0.000000321. The first kappa shape index (κ1) is 16.2. The van der Waals surface area contributed by atoms with Gasteiger partial charge in [0.1, 0.15) is 0 Å². The fourth-order valence-electron chi connectivity index (χ4n) is 1.12. The Morgan fingerprint density at radius 1 is 1.00 bits per heavy atom. The van der Waals surface area contributed by atoms with Crippen LogP contribution in [0.1, 0.15) is 15.9 Å². The first-order valence-corrected chi connectivity index (χ1v) is 4.97. The smallest absolute Gasteiger partial charge is 0.872 e. The molecule has 0 aliphatic rings. The summed E-state index contributed by atoms with van der Waals surface area (Å²) in [5.74, 6) is -1.62. The molecular weight excluding hydrogens is 282 g/mol. The summed E-state index contributed by atoms with van der Waals surface area (Å²) in [5.41, 5.74) is 0.894. The van der Waals surface area contributed by atoms with Crippen LogP contribution in [0.4, 0.5) is 0 Å². The zero-order valence-corrected chi connectivity index (χ0v) is 12.8. The molecule has 0 spiro atoms. The summed E-state index contributed by atoms with van der Waals surface area (Å²) in [5, 5.41) is 19.0.